The van der Waals surface area contributed by atoms with Crippen LogP contribution in [-0.4, -0.2) is 5.91 Å². The second kappa shape index (κ2) is 8.55. The van der Waals surface area contributed by atoms with Gasteiger partial charge < -0.3 is 5.32 Å². The summed E-state index contributed by atoms with van der Waals surface area (Å²) in [5.41, 5.74) is 4.47. The van der Waals surface area contributed by atoms with Crippen molar-refractivity contribution < 1.29 is 4.79 Å². The number of aryl methyl sites for hydroxylation is 2. The standard InChI is InChI=1S/C20H23Cl2NO/c1-4-19(15-9-8-13(2)14(3)12-15)23-20(24)11-10-16-17(21)6-5-7-18(16)22/h5-9,12,19H,4,10-11H2,1-3H3,(H,23,24)/t19-/m0/s1. The second-order valence-corrected chi connectivity index (χ2v) is 6.89. The third kappa shape index (κ3) is 4.75. The lowest BCUT2D eigenvalue weighted by atomic mass is 9.99. The van der Waals surface area contributed by atoms with Crippen LogP contribution in [0.15, 0.2) is 36.4 Å². The molecule has 0 heterocycles. The quantitative estimate of drug-likeness (QED) is 0.688. The van der Waals surface area contributed by atoms with Gasteiger partial charge in [0.05, 0.1) is 6.04 Å². The molecule has 2 rings (SSSR count). The first kappa shape index (κ1) is 18.8. The van der Waals surface area contributed by atoms with E-state index in [1.807, 2.05) is 0 Å². The average Bonchev–Trinajstić information content (AvgIpc) is 2.55. The molecule has 1 atom stereocenters. The predicted molar refractivity (Wildman–Crippen MR) is 102 cm³/mol. The molecular formula is C20H23Cl2NO. The van der Waals surface area contributed by atoms with Crippen molar-refractivity contribution in [2.45, 2.75) is 46.1 Å². The average molecular weight is 364 g/mol. The van der Waals surface area contributed by atoms with Crippen molar-refractivity contribution in [3.8, 4) is 0 Å². The van der Waals surface area contributed by atoms with Gasteiger partial charge in [-0.3, -0.25) is 4.79 Å². The van der Waals surface area contributed by atoms with Crippen molar-refractivity contribution in [2.75, 3.05) is 0 Å². The van der Waals surface area contributed by atoms with Gasteiger partial charge in [0.1, 0.15) is 0 Å². The van der Waals surface area contributed by atoms with Gasteiger partial charge >= 0.3 is 0 Å². The number of carbonyl (C=O) groups is 1. The summed E-state index contributed by atoms with van der Waals surface area (Å²) in [6.45, 7) is 6.25. The van der Waals surface area contributed by atoms with Crippen LogP contribution in [0, 0.1) is 13.8 Å². The summed E-state index contributed by atoms with van der Waals surface area (Å²) in [7, 11) is 0. The monoisotopic (exact) mass is 363 g/mol. The first-order valence-electron chi connectivity index (χ1n) is 8.21. The van der Waals surface area contributed by atoms with Crippen molar-refractivity contribution >= 4 is 29.1 Å². The molecule has 0 aromatic heterocycles. The number of halogens is 2. The fraction of sp³-hybridized carbons (Fsp3) is 0.350. The lowest BCUT2D eigenvalue weighted by Gasteiger charge is -2.19. The lowest BCUT2D eigenvalue weighted by molar-refractivity contribution is -0.121. The Morgan fingerprint density at radius 1 is 1.08 bits per heavy atom. The van der Waals surface area contributed by atoms with Gasteiger partial charge in [-0.15, -0.1) is 0 Å². The molecule has 0 aliphatic carbocycles. The molecule has 1 N–H and O–H groups in total. The maximum Gasteiger partial charge on any atom is 0.220 e. The van der Waals surface area contributed by atoms with Crippen LogP contribution in [0.1, 0.15) is 48.1 Å². The second-order valence-electron chi connectivity index (χ2n) is 6.07. The number of nitrogens with one attached hydrogen (secondary N) is 1. The molecular weight excluding hydrogens is 341 g/mol. The molecule has 0 saturated heterocycles. The minimum Gasteiger partial charge on any atom is -0.349 e. The smallest absolute Gasteiger partial charge is 0.220 e. The van der Waals surface area contributed by atoms with Crippen LogP contribution in [-0.2, 0) is 11.2 Å². The molecule has 24 heavy (non-hydrogen) atoms. The van der Waals surface area contributed by atoms with E-state index >= 15 is 0 Å². The van der Waals surface area contributed by atoms with E-state index in [-0.39, 0.29) is 11.9 Å². The van der Waals surface area contributed by atoms with Crippen LogP contribution in [0.4, 0.5) is 0 Å². The first-order valence-corrected chi connectivity index (χ1v) is 8.97. The molecule has 2 aromatic carbocycles. The highest BCUT2D eigenvalue weighted by molar-refractivity contribution is 6.36. The highest BCUT2D eigenvalue weighted by atomic mass is 35.5. The fourth-order valence-electron chi connectivity index (χ4n) is 2.68. The van der Waals surface area contributed by atoms with Gasteiger partial charge in [-0.2, -0.15) is 0 Å². The Kier molecular flexibility index (Phi) is 6.70. The predicted octanol–water partition coefficient (Wildman–Crippen LogP) is 5.81. The molecule has 4 heteroatoms. The summed E-state index contributed by atoms with van der Waals surface area (Å²) in [4.78, 5) is 12.3. The van der Waals surface area contributed by atoms with Crippen molar-refractivity contribution in [1.82, 2.24) is 5.32 Å². The van der Waals surface area contributed by atoms with Crippen molar-refractivity contribution in [3.05, 3.63) is 68.7 Å². The summed E-state index contributed by atoms with van der Waals surface area (Å²) < 4.78 is 0. The van der Waals surface area contributed by atoms with Crippen LogP contribution in [0.5, 0.6) is 0 Å². The van der Waals surface area contributed by atoms with Crippen molar-refractivity contribution in [3.63, 3.8) is 0 Å². The Bertz CT molecular complexity index is 707. The van der Waals surface area contributed by atoms with E-state index in [2.05, 4.69) is 44.3 Å². The molecule has 1 amide bonds. The molecule has 0 aliphatic heterocycles. The Morgan fingerprint density at radius 2 is 1.75 bits per heavy atom. The van der Waals surface area contributed by atoms with Gasteiger partial charge in [0.15, 0.2) is 0 Å². The zero-order valence-corrected chi connectivity index (χ0v) is 15.8. The molecule has 0 unspecified atom stereocenters. The van der Waals surface area contributed by atoms with Gasteiger partial charge in [-0.1, -0.05) is 54.4 Å². The summed E-state index contributed by atoms with van der Waals surface area (Å²) in [5, 5.41) is 4.33. The van der Waals surface area contributed by atoms with Crippen LogP contribution in [0.3, 0.4) is 0 Å². The molecule has 0 saturated carbocycles. The highest BCUT2D eigenvalue weighted by Gasteiger charge is 2.14. The fourth-order valence-corrected chi connectivity index (χ4v) is 3.27. The van der Waals surface area contributed by atoms with E-state index in [0.29, 0.717) is 22.9 Å². The van der Waals surface area contributed by atoms with Crippen molar-refractivity contribution in [1.29, 1.82) is 0 Å². The topological polar surface area (TPSA) is 29.1 Å². The highest BCUT2D eigenvalue weighted by Crippen LogP contribution is 2.26. The molecule has 0 fully saturated rings. The molecule has 0 aliphatic rings. The minimum atomic E-state index is 0.0102. The number of hydrogen-bond acceptors (Lipinski definition) is 1. The van der Waals surface area contributed by atoms with Gasteiger partial charge in [-0.25, -0.2) is 0 Å². The van der Waals surface area contributed by atoms with Crippen LogP contribution in [0.25, 0.3) is 0 Å². The van der Waals surface area contributed by atoms with Gasteiger partial charge in [0, 0.05) is 16.5 Å². The van der Waals surface area contributed by atoms with Crippen LogP contribution >= 0.6 is 23.2 Å². The lowest BCUT2D eigenvalue weighted by Crippen LogP contribution is -2.28. The number of hydrogen-bond donors (Lipinski definition) is 1. The Hall–Kier alpha value is -1.51. The third-order valence-corrected chi connectivity index (χ3v) is 5.05. The summed E-state index contributed by atoms with van der Waals surface area (Å²) in [6, 6.07) is 11.8. The Morgan fingerprint density at radius 3 is 2.33 bits per heavy atom. The summed E-state index contributed by atoms with van der Waals surface area (Å²) >= 11 is 12.3. The molecule has 0 spiro atoms. The zero-order valence-electron chi connectivity index (χ0n) is 14.3. The van der Waals surface area contributed by atoms with Crippen molar-refractivity contribution in [2.24, 2.45) is 0 Å². The number of benzene rings is 2. The molecule has 0 radical (unpaired) electrons. The third-order valence-electron chi connectivity index (χ3n) is 4.34. The molecule has 2 nitrogen and oxygen atoms in total. The Labute approximate surface area is 154 Å². The summed E-state index contributed by atoms with van der Waals surface area (Å²) in [5.74, 6) is 0.0102. The molecule has 0 bridgehead atoms. The largest absolute Gasteiger partial charge is 0.349 e. The number of carbonyl (C=O) groups excluding carboxylic acids is 1. The number of amides is 1. The van der Waals surface area contributed by atoms with E-state index in [1.54, 1.807) is 18.2 Å². The molecule has 128 valence electrons. The van der Waals surface area contributed by atoms with E-state index in [0.717, 1.165) is 17.5 Å². The maximum atomic E-state index is 12.3. The van der Waals surface area contributed by atoms with E-state index in [4.69, 9.17) is 23.2 Å². The van der Waals surface area contributed by atoms with Gasteiger partial charge in [0.2, 0.25) is 5.91 Å². The first-order chi connectivity index (χ1) is 11.4. The maximum absolute atomic E-state index is 12.3. The van der Waals surface area contributed by atoms with Gasteiger partial charge in [-0.05, 0) is 61.1 Å². The van der Waals surface area contributed by atoms with E-state index < -0.39 is 0 Å². The zero-order chi connectivity index (χ0) is 17.7. The van der Waals surface area contributed by atoms with E-state index in [1.165, 1.54) is 11.1 Å². The Balaban J connectivity index is 2.00. The van der Waals surface area contributed by atoms with E-state index in [9.17, 15) is 4.79 Å². The van der Waals surface area contributed by atoms with Gasteiger partial charge in [0.25, 0.3) is 0 Å². The summed E-state index contributed by atoms with van der Waals surface area (Å²) in [6.07, 6.45) is 1.75. The van der Waals surface area contributed by atoms with Crippen LogP contribution in [0.2, 0.25) is 10.0 Å². The minimum absolute atomic E-state index is 0.0102. The SMILES string of the molecule is CC[C@H](NC(=O)CCc1c(Cl)cccc1Cl)c1ccc(C)c(C)c1. The number of rotatable bonds is 6. The van der Waals surface area contributed by atoms with Crippen LogP contribution < -0.4 is 5.32 Å². The normalized spacial score (nSPS) is 12.0. The molecule has 2 aromatic rings.